The van der Waals surface area contributed by atoms with E-state index in [1.165, 1.54) is 31.8 Å². The predicted octanol–water partition coefficient (Wildman–Crippen LogP) is 3.72. The number of aromatic nitrogens is 1. The van der Waals surface area contributed by atoms with Gasteiger partial charge in [-0.25, -0.2) is 0 Å². The molecule has 1 amide bonds. The van der Waals surface area contributed by atoms with Gasteiger partial charge in [-0.1, -0.05) is 60.3 Å². The number of hydrogen-bond donors (Lipinski definition) is 2. The molecule has 1 aliphatic rings. The van der Waals surface area contributed by atoms with Crippen molar-refractivity contribution in [2.24, 2.45) is 0 Å². The second-order valence-electron chi connectivity index (χ2n) is 9.24. The monoisotopic (exact) mass is 552 g/mol. The van der Waals surface area contributed by atoms with Gasteiger partial charge in [0.2, 0.25) is 0 Å². The fraction of sp³-hybridized carbons (Fsp3) is 0.345. The molecule has 1 fully saturated rings. The summed E-state index contributed by atoms with van der Waals surface area (Å²) in [6, 6.07) is 20.5. The number of rotatable bonds is 10. The Hall–Kier alpha value is -3.44. The Morgan fingerprint density at radius 2 is 1.77 bits per heavy atom. The number of thioether (sulfide) groups is 1. The van der Waals surface area contributed by atoms with E-state index in [1.54, 1.807) is 12.1 Å². The number of hydrogen-bond acceptors (Lipinski definition) is 8. The van der Waals surface area contributed by atoms with E-state index in [4.69, 9.17) is 14.2 Å². The summed E-state index contributed by atoms with van der Waals surface area (Å²) >= 11 is 1.44. The van der Waals surface area contributed by atoms with E-state index < -0.39 is 18.4 Å². The zero-order chi connectivity index (χ0) is 27.8. The van der Waals surface area contributed by atoms with Crippen LogP contribution in [-0.2, 0) is 37.0 Å². The Morgan fingerprint density at radius 1 is 1.08 bits per heavy atom. The van der Waals surface area contributed by atoms with E-state index in [0.717, 1.165) is 27.0 Å². The minimum absolute atomic E-state index is 0.0292. The third-order valence-corrected chi connectivity index (χ3v) is 7.40. The van der Waals surface area contributed by atoms with Crippen LogP contribution in [-0.4, -0.2) is 34.9 Å². The third kappa shape index (κ3) is 8.03. The Balaban J connectivity index is 1.45. The standard InChI is InChI=1S/C29H32N2O7S/c1-19(36-20(2)33)28(34)30-16-21-6-12-24(13-7-21)29-37-25(18-39-27-5-3-4-14-31(27)35)15-26(38-29)23-10-8-22(17-32)9-11-23/h3-14,19,25-26,29,32H,15-18H2,1-2H3,(H,30,34)/t19-,25+,26-,29-/m0/s1. The largest absolute Gasteiger partial charge is 0.618 e. The number of carbonyl (C=O) groups excluding carboxylic acids is 2. The predicted molar refractivity (Wildman–Crippen MR) is 144 cm³/mol. The van der Waals surface area contributed by atoms with Crippen molar-refractivity contribution in [3.63, 3.8) is 0 Å². The number of esters is 1. The maximum absolute atomic E-state index is 12.1. The summed E-state index contributed by atoms with van der Waals surface area (Å²) in [7, 11) is 0. The molecule has 3 aromatic rings. The van der Waals surface area contributed by atoms with Crippen LogP contribution in [0.3, 0.4) is 0 Å². The molecule has 39 heavy (non-hydrogen) atoms. The first-order chi connectivity index (χ1) is 18.8. The van der Waals surface area contributed by atoms with Crippen LogP contribution in [0.25, 0.3) is 0 Å². The van der Waals surface area contributed by atoms with Gasteiger partial charge < -0.3 is 29.8 Å². The Bertz CT molecular complexity index is 1250. The molecule has 0 aliphatic carbocycles. The van der Waals surface area contributed by atoms with Gasteiger partial charge in [0, 0.05) is 43.3 Å². The van der Waals surface area contributed by atoms with Crippen molar-refractivity contribution in [2.45, 2.75) is 63.0 Å². The Morgan fingerprint density at radius 3 is 2.44 bits per heavy atom. The van der Waals surface area contributed by atoms with Gasteiger partial charge in [-0.15, -0.1) is 0 Å². The molecule has 0 saturated carbocycles. The molecule has 1 saturated heterocycles. The third-order valence-electron chi connectivity index (χ3n) is 6.25. The second kappa shape index (κ2) is 13.6. The fourth-order valence-electron chi connectivity index (χ4n) is 4.15. The van der Waals surface area contributed by atoms with Crippen LogP contribution in [0, 0.1) is 5.21 Å². The molecule has 4 atom stereocenters. The van der Waals surface area contributed by atoms with Crippen LogP contribution in [0.2, 0.25) is 0 Å². The van der Waals surface area contributed by atoms with Crippen molar-refractivity contribution in [1.29, 1.82) is 0 Å². The molecule has 0 spiro atoms. The molecule has 2 aromatic carbocycles. The van der Waals surface area contributed by atoms with Crippen LogP contribution < -0.4 is 10.0 Å². The first-order valence-corrected chi connectivity index (χ1v) is 13.7. The quantitative estimate of drug-likeness (QED) is 0.169. The maximum atomic E-state index is 12.1. The lowest BCUT2D eigenvalue weighted by molar-refractivity contribution is -0.645. The Labute approximate surface area is 231 Å². The van der Waals surface area contributed by atoms with Crippen LogP contribution in [0.1, 0.15) is 54.9 Å². The SMILES string of the molecule is CC(=O)O[C@@H](C)C(=O)NCc1ccc([C@H]2O[C@@H](CSc3cccc[n+]3[O-])C[C@@H](c3ccc(CO)cc3)O2)cc1. The first kappa shape index (κ1) is 28.6. The molecule has 9 nitrogen and oxygen atoms in total. The zero-order valence-corrected chi connectivity index (χ0v) is 22.6. The van der Waals surface area contributed by atoms with Crippen molar-refractivity contribution in [2.75, 3.05) is 5.75 Å². The Kier molecular flexibility index (Phi) is 9.94. The van der Waals surface area contributed by atoms with Gasteiger partial charge in [0.25, 0.3) is 10.9 Å². The highest BCUT2D eigenvalue weighted by molar-refractivity contribution is 7.99. The number of benzene rings is 2. The molecule has 0 unspecified atom stereocenters. The van der Waals surface area contributed by atoms with E-state index >= 15 is 0 Å². The van der Waals surface area contributed by atoms with Gasteiger partial charge in [0.1, 0.15) is 0 Å². The van der Waals surface area contributed by atoms with Crippen LogP contribution in [0.5, 0.6) is 0 Å². The first-order valence-electron chi connectivity index (χ1n) is 12.7. The lowest BCUT2D eigenvalue weighted by Gasteiger charge is -2.36. The fourth-order valence-corrected chi connectivity index (χ4v) is 5.09. The summed E-state index contributed by atoms with van der Waals surface area (Å²) in [5.74, 6) is -0.312. The maximum Gasteiger partial charge on any atom is 0.303 e. The van der Waals surface area contributed by atoms with Crippen molar-refractivity contribution in [3.05, 3.63) is 100 Å². The van der Waals surface area contributed by atoms with Crippen LogP contribution in [0.15, 0.2) is 78.0 Å². The number of nitrogens with zero attached hydrogens (tertiary/aromatic N) is 1. The van der Waals surface area contributed by atoms with Crippen molar-refractivity contribution in [3.8, 4) is 0 Å². The summed E-state index contributed by atoms with van der Waals surface area (Å²) in [5.41, 5.74) is 3.49. The topological polar surface area (TPSA) is 121 Å². The number of pyridine rings is 1. The number of amides is 1. The molecule has 0 radical (unpaired) electrons. The number of aliphatic hydroxyl groups is 1. The lowest BCUT2D eigenvalue weighted by Crippen LogP contribution is -2.35. The molecule has 2 heterocycles. The minimum atomic E-state index is -0.865. The second-order valence-corrected chi connectivity index (χ2v) is 10.3. The molecule has 10 heteroatoms. The van der Waals surface area contributed by atoms with E-state index in [1.807, 2.05) is 54.6 Å². The van der Waals surface area contributed by atoms with Gasteiger partial charge >= 0.3 is 5.97 Å². The molecule has 206 valence electrons. The van der Waals surface area contributed by atoms with Gasteiger partial charge in [0.05, 0.1) is 18.8 Å². The molecule has 4 rings (SSSR count). The molecule has 1 aromatic heterocycles. The molecule has 0 bridgehead atoms. The van der Waals surface area contributed by atoms with E-state index in [2.05, 4.69) is 5.32 Å². The van der Waals surface area contributed by atoms with Gasteiger partial charge in [-0.3, -0.25) is 9.59 Å². The average molecular weight is 553 g/mol. The summed E-state index contributed by atoms with van der Waals surface area (Å²) in [6.45, 7) is 3.03. The highest BCUT2D eigenvalue weighted by Crippen LogP contribution is 2.39. The van der Waals surface area contributed by atoms with Gasteiger partial charge in [0.15, 0.2) is 18.6 Å². The van der Waals surface area contributed by atoms with E-state index in [9.17, 15) is 19.9 Å². The highest BCUT2D eigenvalue weighted by Gasteiger charge is 2.32. The van der Waals surface area contributed by atoms with E-state index in [-0.39, 0.29) is 31.3 Å². The van der Waals surface area contributed by atoms with Crippen LogP contribution >= 0.6 is 11.8 Å². The van der Waals surface area contributed by atoms with Crippen molar-refractivity contribution < 1.29 is 33.6 Å². The summed E-state index contributed by atoms with van der Waals surface area (Å²) in [5, 5.41) is 24.9. The normalized spacial score (nSPS) is 19.7. The number of aliphatic hydroxyl groups excluding tert-OH is 1. The van der Waals surface area contributed by atoms with Gasteiger partial charge in [-0.05, 0) is 29.7 Å². The smallest absolute Gasteiger partial charge is 0.303 e. The zero-order valence-electron chi connectivity index (χ0n) is 21.8. The number of carbonyl (C=O) groups is 2. The molecule has 1 aliphatic heterocycles. The molecule has 2 N–H and O–H groups in total. The average Bonchev–Trinajstić information content (AvgIpc) is 2.95. The van der Waals surface area contributed by atoms with Crippen LogP contribution in [0.4, 0.5) is 0 Å². The summed E-state index contributed by atoms with van der Waals surface area (Å²) in [6.07, 6.45) is 0.170. The van der Waals surface area contributed by atoms with Crippen molar-refractivity contribution in [1.82, 2.24) is 5.32 Å². The summed E-state index contributed by atoms with van der Waals surface area (Å²) < 4.78 is 18.4. The number of ether oxygens (including phenoxy) is 3. The van der Waals surface area contributed by atoms with E-state index in [0.29, 0.717) is 17.2 Å². The van der Waals surface area contributed by atoms with Gasteiger partial charge in [-0.2, -0.15) is 4.73 Å². The number of nitrogens with one attached hydrogen (secondary N) is 1. The summed E-state index contributed by atoms with van der Waals surface area (Å²) in [4.78, 5) is 23.2. The lowest BCUT2D eigenvalue weighted by atomic mass is 10.0. The minimum Gasteiger partial charge on any atom is -0.618 e. The molecular formula is C29H32N2O7S. The molecular weight excluding hydrogens is 520 g/mol. The highest BCUT2D eigenvalue weighted by atomic mass is 32.2. The van der Waals surface area contributed by atoms with Crippen molar-refractivity contribution >= 4 is 23.6 Å².